The largest absolute Gasteiger partial charge is 0.347 e. The molecule has 0 saturated heterocycles. The number of hydrogen-bond donors (Lipinski definition) is 2. The highest BCUT2D eigenvalue weighted by Crippen LogP contribution is 2.20. The van der Waals surface area contributed by atoms with Crippen LogP contribution in [0.2, 0.25) is 0 Å². The molecular formula is C21H26N2O4S. The van der Waals surface area contributed by atoms with Crippen molar-refractivity contribution >= 4 is 27.3 Å². The van der Waals surface area contributed by atoms with E-state index >= 15 is 0 Å². The van der Waals surface area contributed by atoms with Crippen molar-refractivity contribution < 1.29 is 18.0 Å². The van der Waals surface area contributed by atoms with Gasteiger partial charge in [0.15, 0.2) is 9.84 Å². The van der Waals surface area contributed by atoms with Crippen LogP contribution in [0.25, 0.3) is 0 Å². The van der Waals surface area contributed by atoms with Gasteiger partial charge in [-0.1, -0.05) is 19.1 Å². The van der Waals surface area contributed by atoms with Crippen molar-refractivity contribution in [2.45, 2.75) is 44.6 Å². The minimum atomic E-state index is -3.53. The fourth-order valence-electron chi connectivity index (χ4n) is 2.62. The molecule has 0 aromatic heterocycles. The third-order valence-electron chi connectivity index (χ3n) is 3.83. The van der Waals surface area contributed by atoms with Crippen LogP contribution in [-0.4, -0.2) is 31.5 Å². The smallest absolute Gasteiger partial charge is 0.256 e. The third kappa shape index (κ3) is 5.66. The Morgan fingerprint density at radius 3 is 2.11 bits per heavy atom. The minimum Gasteiger partial charge on any atom is -0.347 e. The average molecular weight is 403 g/mol. The summed E-state index contributed by atoms with van der Waals surface area (Å²) in [5.41, 5.74) is 0.696. The lowest BCUT2D eigenvalue weighted by Crippen LogP contribution is -2.40. The number of nitrogens with one attached hydrogen (secondary N) is 2. The Hall–Kier alpha value is -2.67. The van der Waals surface area contributed by atoms with Gasteiger partial charge < -0.3 is 10.6 Å². The van der Waals surface area contributed by atoms with Crippen LogP contribution in [0.1, 0.15) is 54.8 Å². The van der Waals surface area contributed by atoms with E-state index in [1.165, 1.54) is 12.1 Å². The zero-order valence-corrected chi connectivity index (χ0v) is 17.4. The van der Waals surface area contributed by atoms with Crippen LogP contribution in [0.15, 0.2) is 53.4 Å². The highest BCUT2D eigenvalue weighted by molar-refractivity contribution is 7.91. The van der Waals surface area contributed by atoms with Crippen LogP contribution in [0.3, 0.4) is 0 Å². The van der Waals surface area contributed by atoms with E-state index in [2.05, 4.69) is 10.6 Å². The van der Waals surface area contributed by atoms with Crippen molar-refractivity contribution in [2.24, 2.45) is 0 Å². The summed E-state index contributed by atoms with van der Waals surface area (Å²) in [6, 6.07) is 12.6. The molecular weight excluding hydrogens is 376 g/mol. The summed E-state index contributed by atoms with van der Waals surface area (Å²) in [6.45, 7) is 7.45. The fourth-order valence-corrected chi connectivity index (χ4v) is 4.16. The third-order valence-corrected chi connectivity index (χ3v) is 5.80. The van der Waals surface area contributed by atoms with Gasteiger partial charge in [-0.3, -0.25) is 9.59 Å². The number of anilines is 1. The number of carbonyl (C=O) groups is 2. The standard InChI is InChI=1S/C21H26N2O4S/c1-5-14-28(26,27)18-9-7-6-8-17(18)20(25)22-16-12-10-15(11-13-16)19(24)23-21(2,3)4/h6-13H,5,14H2,1-4H3,(H,22,25)(H,23,24). The number of rotatable bonds is 6. The minimum absolute atomic E-state index is 0.0190. The van der Waals surface area contributed by atoms with Crippen LogP contribution in [0, 0.1) is 0 Å². The van der Waals surface area contributed by atoms with Crippen molar-refractivity contribution in [2.75, 3.05) is 11.1 Å². The molecule has 0 aliphatic carbocycles. The number of benzene rings is 2. The molecule has 0 radical (unpaired) electrons. The van der Waals surface area contributed by atoms with E-state index in [0.717, 1.165) is 0 Å². The lowest BCUT2D eigenvalue weighted by atomic mass is 10.1. The molecule has 2 N–H and O–H groups in total. The number of sulfone groups is 1. The quantitative estimate of drug-likeness (QED) is 0.771. The Bertz CT molecular complexity index is 959. The zero-order chi connectivity index (χ0) is 20.9. The first-order valence-electron chi connectivity index (χ1n) is 9.09. The number of amides is 2. The molecule has 150 valence electrons. The maximum Gasteiger partial charge on any atom is 0.256 e. The first-order chi connectivity index (χ1) is 13.0. The molecule has 0 aliphatic rings. The summed E-state index contributed by atoms with van der Waals surface area (Å²) >= 11 is 0. The van der Waals surface area contributed by atoms with Crippen molar-refractivity contribution in [3.8, 4) is 0 Å². The predicted molar refractivity (Wildman–Crippen MR) is 110 cm³/mol. The molecule has 2 aromatic carbocycles. The topological polar surface area (TPSA) is 92.3 Å². The van der Waals surface area contributed by atoms with Crippen LogP contribution in [0.4, 0.5) is 5.69 Å². The van der Waals surface area contributed by atoms with E-state index in [9.17, 15) is 18.0 Å². The van der Waals surface area contributed by atoms with Gasteiger partial charge in [-0.2, -0.15) is 0 Å². The van der Waals surface area contributed by atoms with E-state index in [1.54, 1.807) is 43.3 Å². The molecule has 0 saturated carbocycles. The molecule has 0 heterocycles. The van der Waals surface area contributed by atoms with E-state index in [4.69, 9.17) is 0 Å². The first kappa shape index (κ1) is 21.6. The second-order valence-corrected chi connectivity index (χ2v) is 9.63. The fraction of sp³-hybridized carbons (Fsp3) is 0.333. The number of carbonyl (C=O) groups excluding carboxylic acids is 2. The Labute approximate surface area is 166 Å². The lowest BCUT2D eigenvalue weighted by molar-refractivity contribution is 0.0919. The summed E-state index contributed by atoms with van der Waals surface area (Å²) in [6.07, 6.45) is 0.469. The van der Waals surface area contributed by atoms with Gasteiger partial charge in [0, 0.05) is 16.8 Å². The van der Waals surface area contributed by atoms with Crippen molar-refractivity contribution in [1.29, 1.82) is 0 Å². The average Bonchev–Trinajstić information content (AvgIpc) is 2.61. The summed E-state index contributed by atoms with van der Waals surface area (Å²) in [5.74, 6) is -0.738. The second-order valence-electron chi connectivity index (χ2n) is 7.55. The molecule has 0 unspecified atom stereocenters. The molecule has 0 atom stereocenters. The monoisotopic (exact) mass is 402 g/mol. The van der Waals surface area contributed by atoms with Gasteiger partial charge >= 0.3 is 0 Å². The van der Waals surface area contributed by atoms with Gasteiger partial charge in [0.1, 0.15) is 0 Å². The summed E-state index contributed by atoms with van der Waals surface area (Å²) in [7, 11) is -3.53. The SMILES string of the molecule is CCCS(=O)(=O)c1ccccc1C(=O)Nc1ccc(C(=O)NC(C)(C)C)cc1. The molecule has 2 aromatic rings. The highest BCUT2D eigenvalue weighted by atomic mass is 32.2. The highest BCUT2D eigenvalue weighted by Gasteiger charge is 2.21. The lowest BCUT2D eigenvalue weighted by Gasteiger charge is -2.20. The van der Waals surface area contributed by atoms with Crippen molar-refractivity contribution in [3.63, 3.8) is 0 Å². The van der Waals surface area contributed by atoms with Crippen molar-refractivity contribution in [3.05, 3.63) is 59.7 Å². The van der Waals surface area contributed by atoms with Gasteiger partial charge in [-0.15, -0.1) is 0 Å². The van der Waals surface area contributed by atoms with E-state index < -0.39 is 15.7 Å². The van der Waals surface area contributed by atoms with E-state index in [1.807, 2.05) is 20.8 Å². The first-order valence-corrected chi connectivity index (χ1v) is 10.7. The summed E-state index contributed by atoms with van der Waals surface area (Å²) < 4.78 is 24.8. The molecule has 6 nitrogen and oxygen atoms in total. The molecule has 0 aliphatic heterocycles. The van der Waals surface area contributed by atoms with Gasteiger partial charge in [0.2, 0.25) is 0 Å². The maximum absolute atomic E-state index is 12.6. The Balaban J connectivity index is 2.20. The zero-order valence-electron chi connectivity index (χ0n) is 16.6. The van der Waals surface area contributed by atoms with E-state index in [-0.39, 0.29) is 27.7 Å². The second kappa shape index (κ2) is 8.56. The van der Waals surface area contributed by atoms with Crippen LogP contribution in [0.5, 0.6) is 0 Å². The van der Waals surface area contributed by atoms with Crippen LogP contribution in [-0.2, 0) is 9.84 Å². The van der Waals surface area contributed by atoms with E-state index in [0.29, 0.717) is 17.7 Å². The Kier molecular flexibility index (Phi) is 6.61. The normalized spacial score (nSPS) is 11.7. The maximum atomic E-state index is 12.6. The molecule has 2 amide bonds. The molecule has 2 rings (SSSR count). The molecule has 0 spiro atoms. The molecule has 0 fully saturated rings. The van der Waals surface area contributed by atoms with Crippen LogP contribution >= 0.6 is 0 Å². The summed E-state index contributed by atoms with van der Waals surface area (Å²) in [4.78, 5) is 24.8. The van der Waals surface area contributed by atoms with Gasteiger partial charge in [-0.25, -0.2) is 8.42 Å². The molecule has 7 heteroatoms. The molecule has 0 bridgehead atoms. The Morgan fingerprint density at radius 2 is 1.54 bits per heavy atom. The predicted octanol–water partition coefficient (Wildman–Crippen LogP) is 3.65. The van der Waals surface area contributed by atoms with Crippen LogP contribution < -0.4 is 10.6 Å². The Morgan fingerprint density at radius 1 is 0.929 bits per heavy atom. The number of hydrogen-bond acceptors (Lipinski definition) is 4. The summed E-state index contributed by atoms with van der Waals surface area (Å²) in [5, 5.41) is 5.56. The van der Waals surface area contributed by atoms with Crippen molar-refractivity contribution in [1.82, 2.24) is 5.32 Å². The molecule has 28 heavy (non-hydrogen) atoms. The van der Waals surface area contributed by atoms with Gasteiger partial charge in [0.25, 0.3) is 11.8 Å². The van der Waals surface area contributed by atoms with Gasteiger partial charge in [0.05, 0.1) is 16.2 Å². The van der Waals surface area contributed by atoms with Gasteiger partial charge in [-0.05, 0) is 63.6 Å².